The van der Waals surface area contributed by atoms with Crippen LogP contribution < -0.4 is 0 Å². The summed E-state index contributed by atoms with van der Waals surface area (Å²) in [5.74, 6) is 1.07. The number of amides is 2. The molecule has 0 bridgehead atoms. The van der Waals surface area contributed by atoms with E-state index in [1.807, 2.05) is 18.7 Å². The van der Waals surface area contributed by atoms with Gasteiger partial charge < -0.3 is 14.9 Å². The maximum absolute atomic E-state index is 12.2. The number of carbonyl (C=O) groups is 2. The number of hydrogen-bond donors (Lipinski definition) is 1. The van der Waals surface area contributed by atoms with Crippen LogP contribution in [0.15, 0.2) is 0 Å². The molecule has 2 atom stereocenters. The topological polar surface area (TPSA) is 60.9 Å². The van der Waals surface area contributed by atoms with Gasteiger partial charge in [-0.05, 0) is 12.3 Å². The molecular formula is C11H18N2O3S. The van der Waals surface area contributed by atoms with Crippen molar-refractivity contribution in [3.8, 4) is 0 Å². The van der Waals surface area contributed by atoms with Gasteiger partial charge in [-0.2, -0.15) is 11.8 Å². The van der Waals surface area contributed by atoms with Crippen LogP contribution >= 0.6 is 11.8 Å². The number of nitrogens with zero attached hydrogens (tertiary/aromatic N) is 2. The number of carbonyl (C=O) groups excluding carboxylic acids is 1. The number of urea groups is 1. The van der Waals surface area contributed by atoms with E-state index < -0.39 is 12.0 Å². The minimum absolute atomic E-state index is 0.0515. The summed E-state index contributed by atoms with van der Waals surface area (Å²) in [6, 6.07) is -0.737. The minimum Gasteiger partial charge on any atom is -0.480 e. The van der Waals surface area contributed by atoms with E-state index in [1.165, 1.54) is 4.90 Å². The average molecular weight is 258 g/mol. The van der Waals surface area contributed by atoms with E-state index in [0.717, 1.165) is 31.0 Å². The predicted octanol–water partition coefficient (Wildman–Crippen LogP) is 0.950. The highest BCUT2D eigenvalue weighted by molar-refractivity contribution is 7.99. The summed E-state index contributed by atoms with van der Waals surface area (Å²) in [6.07, 6.45) is 0.783. The average Bonchev–Trinajstić information content (AvgIpc) is 2.71. The number of aliphatic carboxylic acids is 1. The molecule has 2 rings (SSSR count). The molecular weight excluding hydrogens is 240 g/mol. The van der Waals surface area contributed by atoms with Crippen molar-refractivity contribution in [1.82, 2.24) is 9.80 Å². The Morgan fingerprint density at radius 3 is 2.47 bits per heavy atom. The summed E-state index contributed by atoms with van der Waals surface area (Å²) in [6.45, 7) is 3.94. The fourth-order valence-electron chi connectivity index (χ4n) is 2.47. The summed E-state index contributed by atoms with van der Waals surface area (Å²) in [4.78, 5) is 26.7. The molecule has 96 valence electrons. The number of likely N-dealkylation sites (tertiary alicyclic amines) is 1. The van der Waals surface area contributed by atoms with E-state index in [-0.39, 0.29) is 11.9 Å². The van der Waals surface area contributed by atoms with Crippen molar-refractivity contribution in [3.63, 3.8) is 0 Å². The Kier molecular flexibility index (Phi) is 3.81. The molecule has 2 heterocycles. The van der Waals surface area contributed by atoms with Gasteiger partial charge in [0.1, 0.15) is 6.04 Å². The fraction of sp³-hybridized carbons (Fsp3) is 0.818. The van der Waals surface area contributed by atoms with E-state index in [9.17, 15) is 14.7 Å². The molecule has 0 aliphatic carbocycles. The Morgan fingerprint density at radius 1 is 1.24 bits per heavy atom. The summed E-state index contributed by atoms with van der Waals surface area (Å²) < 4.78 is 0. The lowest BCUT2D eigenvalue weighted by Gasteiger charge is -2.33. The van der Waals surface area contributed by atoms with Gasteiger partial charge in [0.05, 0.1) is 0 Å². The van der Waals surface area contributed by atoms with Crippen LogP contribution in [0.5, 0.6) is 0 Å². The molecule has 0 radical (unpaired) electrons. The molecule has 2 aliphatic rings. The lowest BCUT2D eigenvalue weighted by Crippen LogP contribution is -2.51. The number of carboxylic acids is 1. The Hall–Kier alpha value is -0.910. The second-order valence-electron chi connectivity index (χ2n) is 4.62. The van der Waals surface area contributed by atoms with Crippen LogP contribution in [-0.2, 0) is 4.79 Å². The third kappa shape index (κ3) is 2.51. The summed E-state index contributed by atoms with van der Waals surface area (Å²) >= 11 is 1.84. The Labute approximate surface area is 105 Å². The van der Waals surface area contributed by atoms with Gasteiger partial charge in [-0.3, -0.25) is 0 Å². The van der Waals surface area contributed by atoms with Gasteiger partial charge in [-0.25, -0.2) is 9.59 Å². The lowest BCUT2D eigenvalue weighted by atomic mass is 10.0. The van der Waals surface area contributed by atoms with Crippen LogP contribution in [0, 0.1) is 5.92 Å². The highest BCUT2D eigenvalue weighted by Crippen LogP contribution is 2.26. The van der Waals surface area contributed by atoms with Crippen molar-refractivity contribution in [1.29, 1.82) is 0 Å². The van der Waals surface area contributed by atoms with E-state index in [4.69, 9.17) is 0 Å². The van der Waals surface area contributed by atoms with Crippen LogP contribution in [0.4, 0.5) is 4.79 Å². The van der Waals surface area contributed by atoms with Crippen molar-refractivity contribution in [2.75, 3.05) is 31.1 Å². The number of thioether (sulfide) groups is 1. The van der Waals surface area contributed by atoms with E-state index in [2.05, 4.69) is 0 Å². The third-order valence-electron chi connectivity index (χ3n) is 3.48. The molecule has 17 heavy (non-hydrogen) atoms. The molecule has 6 heteroatoms. The van der Waals surface area contributed by atoms with Gasteiger partial charge in [0.2, 0.25) is 0 Å². The van der Waals surface area contributed by atoms with Crippen molar-refractivity contribution >= 4 is 23.8 Å². The molecule has 5 nitrogen and oxygen atoms in total. The second-order valence-corrected chi connectivity index (χ2v) is 5.85. The largest absolute Gasteiger partial charge is 0.480 e. The smallest absolute Gasteiger partial charge is 0.326 e. The number of hydrogen-bond acceptors (Lipinski definition) is 3. The van der Waals surface area contributed by atoms with Crippen molar-refractivity contribution in [2.45, 2.75) is 19.4 Å². The summed E-state index contributed by atoms with van der Waals surface area (Å²) in [7, 11) is 0. The van der Waals surface area contributed by atoms with Gasteiger partial charge in [0.25, 0.3) is 0 Å². The van der Waals surface area contributed by atoms with E-state index in [1.54, 1.807) is 4.90 Å². The zero-order chi connectivity index (χ0) is 12.4. The maximum Gasteiger partial charge on any atom is 0.326 e. The van der Waals surface area contributed by atoms with Crippen LogP contribution in [-0.4, -0.2) is 64.1 Å². The quantitative estimate of drug-likeness (QED) is 0.760. The summed E-state index contributed by atoms with van der Waals surface area (Å²) in [5, 5.41) is 9.18. The van der Waals surface area contributed by atoms with Crippen molar-refractivity contribution in [3.05, 3.63) is 0 Å². The standard InChI is InChI=1S/C11H18N2O3S/c1-8-2-3-13(9(8)10(14)15)11(16)12-4-6-17-7-5-12/h8-9H,2-7H2,1H3,(H,14,15). The highest BCUT2D eigenvalue weighted by atomic mass is 32.2. The van der Waals surface area contributed by atoms with Crippen LogP contribution in [0.2, 0.25) is 0 Å². The molecule has 1 N–H and O–H groups in total. The van der Waals surface area contributed by atoms with Crippen LogP contribution in [0.25, 0.3) is 0 Å². The van der Waals surface area contributed by atoms with Gasteiger partial charge in [0, 0.05) is 31.1 Å². The molecule has 0 aromatic carbocycles. The zero-order valence-corrected chi connectivity index (χ0v) is 10.8. The SMILES string of the molecule is CC1CCN(C(=O)N2CCSCC2)C1C(=O)O. The van der Waals surface area contributed by atoms with Crippen molar-refractivity contribution < 1.29 is 14.7 Å². The van der Waals surface area contributed by atoms with E-state index >= 15 is 0 Å². The predicted molar refractivity (Wildman–Crippen MR) is 66.2 cm³/mol. The Bertz CT molecular complexity index is 318. The molecule has 0 aromatic heterocycles. The number of rotatable bonds is 1. The minimum atomic E-state index is -0.880. The first-order chi connectivity index (χ1) is 8.11. The lowest BCUT2D eigenvalue weighted by molar-refractivity contribution is -0.142. The summed E-state index contributed by atoms with van der Waals surface area (Å²) in [5.41, 5.74) is 0. The molecule has 0 aromatic rings. The van der Waals surface area contributed by atoms with Crippen LogP contribution in [0.3, 0.4) is 0 Å². The molecule has 0 spiro atoms. The number of carboxylic acid groups (broad SMARTS) is 1. The fourth-order valence-corrected chi connectivity index (χ4v) is 3.38. The van der Waals surface area contributed by atoms with Crippen LogP contribution in [0.1, 0.15) is 13.3 Å². The zero-order valence-electron chi connectivity index (χ0n) is 9.96. The third-order valence-corrected chi connectivity index (χ3v) is 4.42. The highest BCUT2D eigenvalue weighted by Gasteiger charge is 2.41. The maximum atomic E-state index is 12.2. The molecule has 2 amide bonds. The Balaban J connectivity index is 2.05. The van der Waals surface area contributed by atoms with Gasteiger partial charge in [0.15, 0.2) is 0 Å². The molecule has 0 saturated carbocycles. The first-order valence-corrected chi connectivity index (χ1v) is 7.13. The monoisotopic (exact) mass is 258 g/mol. The second kappa shape index (κ2) is 5.16. The Morgan fingerprint density at radius 2 is 1.88 bits per heavy atom. The van der Waals surface area contributed by atoms with Gasteiger partial charge in [-0.1, -0.05) is 6.92 Å². The van der Waals surface area contributed by atoms with Crippen molar-refractivity contribution in [2.24, 2.45) is 5.92 Å². The normalized spacial score (nSPS) is 29.5. The van der Waals surface area contributed by atoms with Gasteiger partial charge in [-0.15, -0.1) is 0 Å². The first-order valence-electron chi connectivity index (χ1n) is 5.97. The van der Waals surface area contributed by atoms with Gasteiger partial charge >= 0.3 is 12.0 Å². The molecule has 2 fully saturated rings. The molecule has 2 aliphatic heterocycles. The molecule has 2 saturated heterocycles. The first kappa shape index (κ1) is 12.5. The van der Waals surface area contributed by atoms with E-state index in [0.29, 0.717) is 6.54 Å². The molecule has 2 unspecified atom stereocenters.